The first-order chi connectivity index (χ1) is 6.86. The van der Waals surface area contributed by atoms with Crippen LogP contribution < -0.4 is 5.32 Å². The smallest absolute Gasteiger partial charge is 0.115 e. The summed E-state index contributed by atoms with van der Waals surface area (Å²) in [6.45, 7) is 0.841. The zero-order valence-electron chi connectivity index (χ0n) is 8.04. The average Bonchev–Trinajstić information content (AvgIpc) is 2.69. The minimum atomic E-state index is 0.692. The third kappa shape index (κ3) is 2.51. The van der Waals surface area contributed by atoms with E-state index in [0.29, 0.717) is 6.04 Å². The molecule has 1 saturated carbocycles. The largest absolute Gasteiger partial charge is 0.308 e. The van der Waals surface area contributed by atoms with E-state index in [-0.39, 0.29) is 0 Å². The summed E-state index contributed by atoms with van der Waals surface area (Å²) in [4.78, 5) is 8.16. The van der Waals surface area contributed by atoms with E-state index in [4.69, 9.17) is 0 Å². The fourth-order valence-electron chi connectivity index (χ4n) is 1.84. The van der Waals surface area contributed by atoms with Crippen molar-refractivity contribution in [2.75, 3.05) is 0 Å². The molecule has 1 aliphatic rings. The zero-order chi connectivity index (χ0) is 9.80. The first-order valence-electron chi connectivity index (χ1n) is 5.04. The van der Waals surface area contributed by atoms with Crippen LogP contribution in [0.1, 0.15) is 31.4 Å². The van der Waals surface area contributed by atoms with Gasteiger partial charge in [0.25, 0.3) is 0 Å². The van der Waals surface area contributed by atoms with Gasteiger partial charge < -0.3 is 5.32 Å². The highest BCUT2D eigenvalue weighted by molar-refractivity contribution is 9.10. The van der Waals surface area contributed by atoms with E-state index in [9.17, 15) is 0 Å². The van der Waals surface area contributed by atoms with Gasteiger partial charge in [0.15, 0.2) is 0 Å². The molecule has 1 heterocycles. The highest BCUT2D eigenvalue weighted by Gasteiger charge is 2.14. The van der Waals surface area contributed by atoms with Crippen LogP contribution in [0.4, 0.5) is 0 Å². The predicted molar refractivity (Wildman–Crippen MR) is 58.8 cm³/mol. The lowest BCUT2D eigenvalue weighted by molar-refractivity contribution is 0.518. The Morgan fingerprint density at radius 2 is 2.21 bits per heavy atom. The molecule has 0 atom stereocenters. The third-order valence-electron chi connectivity index (χ3n) is 2.66. The van der Waals surface area contributed by atoms with Gasteiger partial charge in [-0.15, -0.1) is 0 Å². The van der Waals surface area contributed by atoms with Gasteiger partial charge in [-0.25, -0.2) is 9.97 Å². The summed E-state index contributed by atoms with van der Waals surface area (Å²) < 4.78 is 0.991. The summed E-state index contributed by atoms with van der Waals surface area (Å²) in [6.07, 6.45) is 8.73. The SMILES string of the molecule is Brc1cncnc1CNC1CCCC1. The number of rotatable bonds is 3. The maximum atomic E-state index is 4.22. The number of nitrogens with one attached hydrogen (secondary N) is 1. The molecule has 0 aliphatic heterocycles. The van der Waals surface area contributed by atoms with Crippen molar-refractivity contribution in [1.82, 2.24) is 15.3 Å². The van der Waals surface area contributed by atoms with E-state index in [1.54, 1.807) is 12.5 Å². The van der Waals surface area contributed by atoms with Crippen LogP contribution in [-0.4, -0.2) is 16.0 Å². The minimum absolute atomic E-state index is 0.692. The van der Waals surface area contributed by atoms with Crippen LogP contribution in [0.5, 0.6) is 0 Å². The maximum absolute atomic E-state index is 4.22. The molecule has 0 aromatic carbocycles. The van der Waals surface area contributed by atoms with Crippen molar-refractivity contribution in [2.45, 2.75) is 38.3 Å². The lowest BCUT2D eigenvalue weighted by atomic mass is 10.2. The molecule has 1 aromatic rings. The summed E-state index contributed by atoms with van der Waals surface area (Å²) in [5.74, 6) is 0. The van der Waals surface area contributed by atoms with E-state index >= 15 is 0 Å². The molecule has 0 bridgehead atoms. The third-order valence-corrected chi connectivity index (χ3v) is 3.32. The highest BCUT2D eigenvalue weighted by Crippen LogP contribution is 2.19. The van der Waals surface area contributed by atoms with E-state index < -0.39 is 0 Å². The van der Waals surface area contributed by atoms with Crippen LogP contribution in [0.3, 0.4) is 0 Å². The molecule has 0 unspecified atom stereocenters. The van der Waals surface area contributed by atoms with Crippen molar-refractivity contribution in [2.24, 2.45) is 0 Å². The molecule has 1 N–H and O–H groups in total. The first-order valence-corrected chi connectivity index (χ1v) is 5.83. The summed E-state index contributed by atoms with van der Waals surface area (Å²) >= 11 is 3.44. The fourth-order valence-corrected chi connectivity index (χ4v) is 2.20. The van der Waals surface area contributed by atoms with Gasteiger partial charge in [0.05, 0.1) is 10.2 Å². The zero-order valence-corrected chi connectivity index (χ0v) is 9.63. The van der Waals surface area contributed by atoms with Crippen molar-refractivity contribution >= 4 is 15.9 Å². The Hall–Kier alpha value is -0.480. The molecular formula is C10H14BrN3. The molecule has 14 heavy (non-hydrogen) atoms. The molecule has 0 saturated heterocycles. The number of aromatic nitrogens is 2. The molecule has 0 radical (unpaired) electrons. The van der Waals surface area contributed by atoms with Gasteiger partial charge >= 0.3 is 0 Å². The number of hydrogen-bond donors (Lipinski definition) is 1. The average molecular weight is 256 g/mol. The van der Waals surface area contributed by atoms with Crippen LogP contribution in [0.25, 0.3) is 0 Å². The number of nitrogens with zero attached hydrogens (tertiary/aromatic N) is 2. The molecular weight excluding hydrogens is 242 g/mol. The summed E-state index contributed by atoms with van der Waals surface area (Å²) in [6, 6.07) is 0.692. The minimum Gasteiger partial charge on any atom is -0.308 e. The van der Waals surface area contributed by atoms with Gasteiger partial charge in [-0.1, -0.05) is 12.8 Å². The van der Waals surface area contributed by atoms with E-state index in [1.165, 1.54) is 25.7 Å². The molecule has 1 fully saturated rings. The Bertz CT molecular complexity index is 297. The Kier molecular flexibility index (Phi) is 3.48. The Labute approximate surface area is 92.5 Å². The maximum Gasteiger partial charge on any atom is 0.115 e. The van der Waals surface area contributed by atoms with Crippen molar-refractivity contribution < 1.29 is 0 Å². The summed E-state index contributed by atoms with van der Waals surface area (Å²) in [7, 11) is 0. The van der Waals surface area contributed by atoms with Crippen LogP contribution in [0.2, 0.25) is 0 Å². The van der Waals surface area contributed by atoms with Crippen LogP contribution >= 0.6 is 15.9 Å². The van der Waals surface area contributed by atoms with Gasteiger partial charge in [-0.05, 0) is 28.8 Å². The second-order valence-electron chi connectivity index (χ2n) is 3.68. The van der Waals surface area contributed by atoms with Crippen molar-refractivity contribution in [1.29, 1.82) is 0 Å². The Balaban J connectivity index is 1.88. The highest BCUT2D eigenvalue weighted by atomic mass is 79.9. The molecule has 1 aliphatic carbocycles. The monoisotopic (exact) mass is 255 g/mol. The summed E-state index contributed by atoms with van der Waals surface area (Å²) in [5, 5.41) is 3.52. The Morgan fingerprint density at radius 3 is 2.93 bits per heavy atom. The van der Waals surface area contributed by atoms with Crippen LogP contribution in [0, 0.1) is 0 Å². The second-order valence-corrected chi connectivity index (χ2v) is 4.53. The molecule has 4 heteroatoms. The van der Waals surface area contributed by atoms with Crippen molar-refractivity contribution in [3.63, 3.8) is 0 Å². The molecule has 1 aromatic heterocycles. The lowest BCUT2D eigenvalue weighted by Crippen LogP contribution is -2.25. The van der Waals surface area contributed by atoms with E-state index in [0.717, 1.165) is 16.7 Å². The standard InChI is InChI=1S/C10H14BrN3/c11-9-5-12-7-14-10(9)6-13-8-3-1-2-4-8/h5,7-8,13H,1-4,6H2. The molecule has 2 rings (SSSR count). The molecule has 0 spiro atoms. The van der Waals surface area contributed by atoms with Gasteiger partial charge in [0, 0.05) is 18.8 Å². The molecule has 3 nitrogen and oxygen atoms in total. The molecule has 76 valence electrons. The van der Waals surface area contributed by atoms with Crippen LogP contribution in [0.15, 0.2) is 17.0 Å². The molecule has 0 amide bonds. The predicted octanol–water partition coefficient (Wildman–Crippen LogP) is 2.27. The van der Waals surface area contributed by atoms with Crippen molar-refractivity contribution in [3.05, 3.63) is 22.7 Å². The number of hydrogen-bond acceptors (Lipinski definition) is 3. The Morgan fingerprint density at radius 1 is 1.43 bits per heavy atom. The van der Waals surface area contributed by atoms with Gasteiger partial charge in [0.2, 0.25) is 0 Å². The first kappa shape index (κ1) is 10.1. The second kappa shape index (κ2) is 4.84. The fraction of sp³-hybridized carbons (Fsp3) is 0.600. The van der Waals surface area contributed by atoms with E-state index in [2.05, 4.69) is 31.2 Å². The van der Waals surface area contributed by atoms with Gasteiger partial charge in [-0.3, -0.25) is 0 Å². The van der Waals surface area contributed by atoms with E-state index in [1.807, 2.05) is 0 Å². The number of halogens is 1. The quantitative estimate of drug-likeness (QED) is 0.901. The van der Waals surface area contributed by atoms with Gasteiger partial charge in [0.1, 0.15) is 6.33 Å². The topological polar surface area (TPSA) is 37.8 Å². The normalized spacial score (nSPS) is 17.5. The van der Waals surface area contributed by atoms with Gasteiger partial charge in [-0.2, -0.15) is 0 Å². The van der Waals surface area contributed by atoms with Crippen LogP contribution in [-0.2, 0) is 6.54 Å². The van der Waals surface area contributed by atoms with Crippen molar-refractivity contribution in [3.8, 4) is 0 Å². The summed E-state index contributed by atoms with van der Waals surface area (Å²) in [5.41, 5.74) is 1.05. The lowest BCUT2D eigenvalue weighted by Gasteiger charge is -2.11.